The van der Waals surface area contributed by atoms with E-state index < -0.39 is 23.5 Å². The SMILES string of the molecule is CC[C@@](NC(=O)[C@@H]1COCCO1)(C(=O)O)c1ccc(Cl)cc1. The van der Waals surface area contributed by atoms with Crippen LogP contribution in [0.3, 0.4) is 0 Å². The second-order valence-electron chi connectivity index (χ2n) is 4.99. The summed E-state index contributed by atoms with van der Waals surface area (Å²) in [6.07, 6.45) is -0.616. The number of amides is 1. The highest BCUT2D eigenvalue weighted by atomic mass is 35.5. The van der Waals surface area contributed by atoms with Gasteiger partial charge in [-0.3, -0.25) is 4.79 Å². The van der Waals surface area contributed by atoms with Crippen LogP contribution in [0.5, 0.6) is 0 Å². The van der Waals surface area contributed by atoms with Crippen molar-refractivity contribution in [3.05, 3.63) is 34.9 Å². The summed E-state index contributed by atoms with van der Waals surface area (Å²) in [7, 11) is 0. The predicted molar refractivity (Wildman–Crippen MR) is 79.8 cm³/mol. The molecule has 22 heavy (non-hydrogen) atoms. The van der Waals surface area contributed by atoms with E-state index in [0.29, 0.717) is 23.8 Å². The lowest BCUT2D eigenvalue weighted by atomic mass is 9.87. The first-order chi connectivity index (χ1) is 10.5. The van der Waals surface area contributed by atoms with Crippen LogP contribution in [-0.2, 0) is 24.6 Å². The lowest BCUT2D eigenvalue weighted by molar-refractivity contribution is -0.157. The number of carbonyl (C=O) groups is 2. The molecule has 1 aromatic rings. The normalized spacial score (nSPS) is 20.9. The van der Waals surface area contributed by atoms with Crippen molar-refractivity contribution < 1.29 is 24.2 Å². The van der Waals surface area contributed by atoms with Crippen molar-refractivity contribution in [2.45, 2.75) is 25.0 Å². The molecular formula is C15H18ClNO5. The number of nitrogens with one attached hydrogen (secondary N) is 1. The maximum Gasteiger partial charge on any atom is 0.334 e. The molecule has 1 fully saturated rings. The number of carboxylic acids is 1. The van der Waals surface area contributed by atoms with E-state index in [9.17, 15) is 14.7 Å². The van der Waals surface area contributed by atoms with E-state index in [4.69, 9.17) is 21.1 Å². The van der Waals surface area contributed by atoms with Crippen LogP contribution >= 0.6 is 11.6 Å². The van der Waals surface area contributed by atoms with Gasteiger partial charge in [-0.1, -0.05) is 30.7 Å². The Morgan fingerprint density at radius 3 is 2.55 bits per heavy atom. The van der Waals surface area contributed by atoms with Crippen LogP contribution in [0.25, 0.3) is 0 Å². The van der Waals surface area contributed by atoms with Gasteiger partial charge >= 0.3 is 5.97 Å². The van der Waals surface area contributed by atoms with Gasteiger partial charge in [0.25, 0.3) is 5.91 Å². The Balaban J connectivity index is 2.27. The van der Waals surface area contributed by atoms with Crippen molar-refractivity contribution in [3.8, 4) is 0 Å². The largest absolute Gasteiger partial charge is 0.479 e. The maximum atomic E-state index is 12.3. The van der Waals surface area contributed by atoms with Gasteiger partial charge in [0, 0.05) is 5.02 Å². The van der Waals surface area contributed by atoms with Gasteiger partial charge in [0.05, 0.1) is 19.8 Å². The first-order valence-electron chi connectivity index (χ1n) is 7.00. The Kier molecular flexibility index (Phi) is 5.39. The molecule has 0 aromatic heterocycles. The zero-order chi connectivity index (χ0) is 16.2. The lowest BCUT2D eigenvalue weighted by Crippen LogP contribution is -2.56. The number of rotatable bonds is 5. The first-order valence-corrected chi connectivity index (χ1v) is 7.38. The van der Waals surface area contributed by atoms with Crippen molar-refractivity contribution >= 4 is 23.5 Å². The van der Waals surface area contributed by atoms with Crippen LogP contribution < -0.4 is 5.32 Å². The molecule has 2 rings (SSSR count). The minimum absolute atomic E-state index is 0.117. The fourth-order valence-corrected chi connectivity index (χ4v) is 2.48. The van der Waals surface area contributed by atoms with Gasteiger partial charge in [0.1, 0.15) is 0 Å². The monoisotopic (exact) mass is 327 g/mol. The molecule has 2 atom stereocenters. The highest BCUT2D eigenvalue weighted by Crippen LogP contribution is 2.27. The molecule has 0 unspecified atom stereocenters. The van der Waals surface area contributed by atoms with Gasteiger partial charge in [-0.25, -0.2) is 4.79 Å². The molecular weight excluding hydrogens is 310 g/mol. The molecule has 0 bridgehead atoms. The average Bonchev–Trinajstić information content (AvgIpc) is 2.54. The van der Waals surface area contributed by atoms with Crippen LogP contribution in [0.1, 0.15) is 18.9 Å². The molecule has 1 aliphatic rings. The van der Waals surface area contributed by atoms with E-state index in [1.807, 2.05) is 0 Å². The first kappa shape index (κ1) is 16.7. The topological polar surface area (TPSA) is 84.9 Å². The van der Waals surface area contributed by atoms with E-state index in [1.165, 1.54) is 0 Å². The summed E-state index contributed by atoms with van der Waals surface area (Å²) in [5.41, 5.74) is -1.07. The molecule has 120 valence electrons. The third-order valence-corrected chi connectivity index (χ3v) is 3.93. The van der Waals surface area contributed by atoms with Crippen molar-refractivity contribution in [2.75, 3.05) is 19.8 Å². The van der Waals surface area contributed by atoms with Gasteiger partial charge in [0.15, 0.2) is 11.6 Å². The summed E-state index contributed by atoms with van der Waals surface area (Å²) in [6, 6.07) is 6.38. The van der Waals surface area contributed by atoms with Gasteiger partial charge in [-0.15, -0.1) is 0 Å². The molecule has 0 radical (unpaired) electrons. The zero-order valence-corrected chi connectivity index (χ0v) is 12.9. The predicted octanol–water partition coefficient (Wildman–Crippen LogP) is 1.56. The quantitative estimate of drug-likeness (QED) is 0.857. The summed E-state index contributed by atoms with van der Waals surface area (Å²) in [5, 5.41) is 12.8. The van der Waals surface area contributed by atoms with Crippen molar-refractivity contribution in [3.63, 3.8) is 0 Å². The molecule has 1 saturated heterocycles. The molecule has 0 saturated carbocycles. The Labute approximate surface area is 133 Å². The molecule has 1 heterocycles. The molecule has 1 amide bonds. The molecule has 6 nitrogen and oxygen atoms in total. The van der Waals surface area contributed by atoms with Crippen LogP contribution in [0.4, 0.5) is 0 Å². The van der Waals surface area contributed by atoms with Gasteiger partial charge in [0.2, 0.25) is 0 Å². The Hall–Kier alpha value is -1.63. The highest BCUT2D eigenvalue weighted by Gasteiger charge is 2.42. The van der Waals surface area contributed by atoms with Gasteiger partial charge < -0.3 is 19.9 Å². The number of halogens is 1. The highest BCUT2D eigenvalue weighted by molar-refractivity contribution is 6.30. The number of hydrogen-bond donors (Lipinski definition) is 2. The summed E-state index contributed by atoms with van der Waals surface area (Å²) in [6.45, 7) is 2.55. The van der Waals surface area contributed by atoms with Crippen LogP contribution in [0, 0.1) is 0 Å². The number of carbonyl (C=O) groups excluding carboxylic acids is 1. The average molecular weight is 328 g/mol. The fraction of sp³-hybridized carbons (Fsp3) is 0.467. The third-order valence-electron chi connectivity index (χ3n) is 3.68. The number of carboxylic acid groups (broad SMARTS) is 1. The molecule has 1 aliphatic heterocycles. The number of hydrogen-bond acceptors (Lipinski definition) is 4. The molecule has 1 aromatic carbocycles. The van der Waals surface area contributed by atoms with Crippen molar-refractivity contribution in [2.24, 2.45) is 0 Å². The zero-order valence-electron chi connectivity index (χ0n) is 12.2. The second kappa shape index (κ2) is 7.09. The Morgan fingerprint density at radius 1 is 1.36 bits per heavy atom. The van der Waals surface area contributed by atoms with Gasteiger partial charge in [-0.05, 0) is 24.1 Å². The van der Waals surface area contributed by atoms with Gasteiger partial charge in [-0.2, -0.15) is 0 Å². The Morgan fingerprint density at radius 2 is 2.05 bits per heavy atom. The number of benzene rings is 1. The summed E-state index contributed by atoms with van der Waals surface area (Å²) in [5.74, 6) is -1.64. The van der Waals surface area contributed by atoms with Crippen LogP contribution in [0.15, 0.2) is 24.3 Å². The maximum absolute atomic E-state index is 12.3. The Bertz CT molecular complexity index is 541. The van der Waals surface area contributed by atoms with Crippen molar-refractivity contribution in [1.82, 2.24) is 5.32 Å². The lowest BCUT2D eigenvalue weighted by Gasteiger charge is -2.32. The van der Waals surface area contributed by atoms with E-state index >= 15 is 0 Å². The van der Waals surface area contributed by atoms with Crippen LogP contribution in [-0.4, -0.2) is 42.9 Å². The summed E-state index contributed by atoms with van der Waals surface area (Å²) in [4.78, 5) is 24.1. The van der Waals surface area contributed by atoms with Crippen molar-refractivity contribution in [1.29, 1.82) is 0 Å². The van der Waals surface area contributed by atoms with E-state index in [0.717, 1.165) is 0 Å². The van der Waals surface area contributed by atoms with E-state index in [2.05, 4.69) is 5.32 Å². The molecule has 0 spiro atoms. The molecule has 7 heteroatoms. The van der Waals surface area contributed by atoms with E-state index in [1.54, 1.807) is 31.2 Å². The standard InChI is InChI=1S/C15H18ClNO5/c1-2-15(14(19)20,10-3-5-11(16)6-4-10)17-13(18)12-9-21-7-8-22-12/h3-6,12H,2,7-9H2,1H3,(H,17,18)(H,19,20)/t12-,15-/m0/s1. The minimum atomic E-state index is -1.53. The second-order valence-corrected chi connectivity index (χ2v) is 5.43. The third kappa shape index (κ3) is 3.40. The number of aliphatic carboxylic acids is 1. The molecule has 2 N–H and O–H groups in total. The van der Waals surface area contributed by atoms with Crippen LogP contribution in [0.2, 0.25) is 5.02 Å². The van der Waals surface area contributed by atoms with E-state index in [-0.39, 0.29) is 13.0 Å². The summed E-state index contributed by atoms with van der Waals surface area (Å²) >= 11 is 5.84. The molecule has 0 aliphatic carbocycles. The number of ether oxygens (including phenoxy) is 2. The smallest absolute Gasteiger partial charge is 0.334 e. The minimum Gasteiger partial charge on any atom is -0.479 e. The fourth-order valence-electron chi connectivity index (χ4n) is 2.36. The summed E-state index contributed by atoms with van der Waals surface area (Å²) < 4.78 is 10.5.